The number of carbonyl (C=O) groups excluding carboxylic acids is 2. The van der Waals surface area contributed by atoms with Gasteiger partial charge in [-0.3, -0.25) is 9.36 Å². The monoisotopic (exact) mass is 315 g/mol. The number of furan rings is 1. The van der Waals surface area contributed by atoms with Crippen LogP contribution < -0.4 is 5.32 Å². The molecule has 0 spiro atoms. The van der Waals surface area contributed by atoms with Crippen LogP contribution in [0.5, 0.6) is 0 Å². The minimum Gasteiger partial charge on any atom is -0.449 e. The van der Waals surface area contributed by atoms with Gasteiger partial charge < -0.3 is 14.5 Å². The molecule has 2 aromatic rings. The molecule has 1 atom stereocenters. The Morgan fingerprint density at radius 3 is 2.65 bits per heavy atom. The summed E-state index contributed by atoms with van der Waals surface area (Å²) < 4.78 is 12.3. The first-order valence-corrected chi connectivity index (χ1v) is 7.15. The smallest absolute Gasteiger partial charge is 0.343 e. The lowest BCUT2D eigenvalue weighted by atomic mass is 10.1. The molecule has 0 aliphatic heterocycles. The summed E-state index contributed by atoms with van der Waals surface area (Å²) in [5.41, 5.74) is 0.110. The van der Waals surface area contributed by atoms with Crippen LogP contribution in [0, 0.1) is 18.3 Å². The first kappa shape index (κ1) is 16.4. The lowest BCUT2D eigenvalue weighted by Crippen LogP contribution is -2.35. The van der Waals surface area contributed by atoms with Crippen molar-refractivity contribution in [2.45, 2.75) is 26.9 Å². The number of aromatic nitrogens is 1. The Balaban J connectivity index is 2.31. The largest absolute Gasteiger partial charge is 0.449 e. The Labute approximate surface area is 133 Å². The number of esters is 1. The number of nitriles is 1. The number of likely N-dealkylation sites (N-methyl/N-ethyl adjacent to an activating group) is 1. The summed E-state index contributed by atoms with van der Waals surface area (Å²) in [5, 5.41) is 11.9. The fraction of sp³-hybridized carbons (Fsp3) is 0.312. The molecule has 7 heteroatoms. The number of nitrogens with one attached hydrogen (secondary N) is 1. The van der Waals surface area contributed by atoms with Crippen LogP contribution in [-0.2, 0) is 9.53 Å². The molecule has 2 heterocycles. The normalized spacial score (nSPS) is 11.6. The molecule has 0 aliphatic rings. The summed E-state index contributed by atoms with van der Waals surface area (Å²) in [4.78, 5) is 24.0. The topological polar surface area (TPSA) is 97.3 Å². The van der Waals surface area contributed by atoms with Crippen molar-refractivity contribution >= 4 is 11.9 Å². The first-order chi connectivity index (χ1) is 11.0. The van der Waals surface area contributed by atoms with Gasteiger partial charge in [0.1, 0.15) is 23.0 Å². The second-order valence-corrected chi connectivity index (χ2v) is 4.86. The van der Waals surface area contributed by atoms with Gasteiger partial charge >= 0.3 is 5.97 Å². The second kappa shape index (κ2) is 6.83. The highest BCUT2D eigenvalue weighted by molar-refractivity contribution is 5.96. The van der Waals surface area contributed by atoms with Crippen molar-refractivity contribution in [3.05, 3.63) is 41.4 Å². The number of hydrogen-bond acceptors (Lipinski definition) is 5. The van der Waals surface area contributed by atoms with Crippen molar-refractivity contribution in [1.29, 1.82) is 5.26 Å². The lowest BCUT2D eigenvalue weighted by molar-refractivity contribution is -0.128. The van der Waals surface area contributed by atoms with Crippen LogP contribution in [-0.4, -0.2) is 29.1 Å². The predicted octanol–water partition coefficient (Wildman–Crippen LogP) is 1.93. The molecule has 0 fully saturated rings. The van der Waals surface area contributed by atoms with Crippen LogP contribution in [0.2, 0.25) is 0 Å². The average molecular weight is 315 g/mol. The highest BCUT2D eigenvalue weighted by Crippen LogP contribution is 2.26. The summed E-state index contributed by atoms with van der Waals surface area (Å²) in [6.07, 6.45) is 2.44. The number of hydrogen-bond donors (Lipinski definition) is 1. The highest BCUT2D eigenvalue weighted by atomic mass is 16.5. The van der Waals surface area contributed by atoms with Crippen LogP contribution in [0.25, 0.3) is 5.88 Å². The number of amides is 1. The quantitative estimate of drug-likeness (QED) is 0.850. The fourth-order valence-electron chi connectivity index (χ4n) is 2.12. The average Bonchev–Trinajstić information content (AvgIpc) is 3.13. The minimum absolute atomic E-state index is 0.0346. The molecule has 23 heavy (non-hydrogen) atoms. The third kappa shape index (κ3) is 3.26. The maximum absolute atomic E-state index is 12.3. The molecule has 2 rings (SSSR count). The molecule has 1 N–H and O–H groups in total. The zero-order chi connectivity index (χ0) is 17.0. The summed E-state index contributed by atoms with van der Waals surface area (Å²) in [6.45, 7) is 5.24. The Hall–Kier alpha value is -3.01. The van der Waals surface area contributed by atoms with Gasteiger partial charge in [-0.05, 0) is 32.9 Å². The van der Waals surface area contributed by atoms with Gasteiger partial charge in [-0.25, -0.2) is 4.79 Å². The van der Waals surface area contributed by atoms with Crippen LogP contribution in [0.1, 0.15) is 35.5 Å². The maximum atomic E-state index is 12.3. The summed E-state index contributed by atoms with van der Waals surface area (Å²) in [6, 6.07) is 5.51. The molecular weight excluding hydrogens is 298 g/mol. The van der Waals surface area contributed by atoms with Crippen LogP contribution in [0.4, 0.5) is 0 Å². The van der Waals surface area contributed by atoms with Crippen molar-refractivity contribution in [3.8, 4) is 12.0 Å². The third-order valence-electron chi connectivity index (χ3n) is 3.22. The van der Waals surface area contributed by atoms with Gasteiger partial charge in [-0.15, -0.1) is 0 Å². The SMILES string of the molecule is CCNC(=O)[C@H](C)OC(=O)c1c(C)oc(-n2cccc2)c1C#N. The summed E-state index contributed by atoms with van der Waals surface area (Å²) in [7, 11) is 0. The molecule has 0 unspecified atom stereocenters. The predicted molar refractivity (Wildman–Crippen MR) is 81.0 cm³/mol. The molecule has 7 nitrogen and oxygen atoms in total. The Bertz CT molecular complexity index is 753. The molecule has 0 bridgehead atoms. The molecule has 0 aliphatic carbocycles. The molecule has 0 aromatic carbocycles. The van der Waals surface area contributed by atoms with E-state index in [1.807, 2.05) is 6.07 Å². The molecular formula is C16H17N3O4. The van der Waals surface area contributed by atoms with E-state index in [2.05, 4.69) is 5.32 Å². The Kier molecular flexibility index (Phi) is 4.86. The fourth-order valence-corrected chi connectivity index (χ4v) is 2.12. The van der Waals surface area contributed by atoms with Crippen molar-refractivity contribution in [2.24, 2.45) is 0 Å². The van der Waals surface area contributed by atoms with Gasteiger partial charge in [0, 0.05) is 18.9 Å². The third-order valence-corrected chi connectivity index (χ3v) is 3.22. The van der Waals surface area contributed by atoms with E-state index in [9.17, 15) is 14.9 Å². The van der Waals surface area contributed by atoms with Crippen LogP contribution in [0.3, 0.4) is 0 Å². The number of nitrogens with zero attached hydrogens (tertiary/aromatic N) is 2. The molecule has 2 aromatic heterocycles. The van der Waals surface area contributed by atoms with Gasteiger partial charge in [0.2, 0.25) is 5.88 Å². The lowest BCUT2D eigenvalue weighted by Gasteiger charge is -2.12. The van der Waals surface area contributed by atoms with E-state index in [1.54, 1.807) is 42.9 Å². The second-order valence-electron chi connectivity index (χ2n) is 4.86. The van der Waals surface area contributed by atoms with Gasteiger partial charge in [0.05, 0.1) is 0 Å². The minimum atomic E-state index is -0.960. The van der Waals surface area contributed by atoms with Crippen molar-refractivity contribution in [2.75, 3.05) is 6.54 Å². The zero-order valence-electron chi connectivity index (χ0n) is 13.1. The number of aryl methyl sites for hydroxylation is 1. The standard InChI is InChI=1S/C16H17N3O4/c1-4-18-14(20)11(3)23-16(21)13-10(2)22-15(12(13)9-17)19-7-5-6-8-19/h5-8,11H,4H2,1-3H3,(H,18,20)/t11-/m0/s1. The molecule has 0 radical (unpaired) electrons. The van der Waals surface area contributed by atoms with E-state index >= 15 is 0 Å². The highest BCUT2D eigenvalue weighted by Gasteiger charge is 2.28. The van der Waals surface area contributed by atoms with E-state index in [0.717, 1.165) is 0 Å². The summed E-state index contributed by atoms with van der Waals surface area (Å²) >= 11 is 0. The van der Waals surface area contributed by atoms with E-state index in [0.29, 0.717) is 6.54 Å². The van der Waals surface area contributed by atoms with E-state index in [4.69, 9.17) is 9.15 Å². The van der Waals surface area contributed by atoms with Crippen molar-refractivity contribution in [1.82, 2.24) is 9.88 Å². The number of ether oxygens (including phenoxy) is 1. The number of carbonyl (C=O) groups is 2. The molecule has 120 valence electrons. The molecule has 0 saturated heterocycles. The maximum Gasteiger partial charge on any atom is 0.343 e. The van der Waals surface area contributed by atoms with E-state index < -0.39 is 18.0 Å². The molecule has 1 amide bonds. The molecule has 0 saturated carbocycles. The van der Waals surface area contributed by atoms with E-state index in [-0.39, 0.29) is 22.8 Å². The Morgan fingerprint density at radius 2 is 2.09 bits per heavy atom. The van der Waals surface area contributed by atoms with Gasteiger partial charge in [-0.2, -0.15) is 5.26 Å². The van der Waals surface area contributed by atoms with Crippen LogP contribution >= 0.6 is 0 Å². The summed E-state index contributed by atoms with van der Waals surface area (Å²) in [5.74, 6) is -0.655. The first-order valence-electron chi connectivity index (χ1n) is 7.15. The Morgan fingerprint density at radius 1 is 1.43 bits per heavy atom. The van der Waals surface area contributed by atoms with Gasteiger partial charge in [0.25, 0.3) is 5.91 Å². The van der Waals surface area contributed by atoms with Gasteiger partial charge in [-0.1, -0.05) is 0 Å². The number of rotatable bonds is 5. The van der Waals surface area contributed by atoms with E-state index in [1.165, 1.54) is 6.92 Å². The zero-order valence-corrected chi connectivity index (χ0v) is 13.1. The van der Waals surface area contributed by atoms with Gasteiger partial charge in [0.15, 0.2) is 6.10 Å². The van der Waals surface area contributed by atoms with Crippen molar-refractivity contribution < 1.29 is 18.7 Å². The van der Waals surface area contributed by atoms with Crippen LogP contribution in [0.15, 0.2) is 28.9 Å². The van der Waals surface area contributed by atoms with Crippen molar-refractivity contribution in [3.63, 3.8) is 0 Å².